The average molecular weight is 290 g/mol. The van der Waals surface area contributed by atoms with Crippen LogP contribution in [0.5, 0.6) is 5.75 Å². The maximum atomic E-state index is 12.3. The second kappa shape index (κ2) is 7.46. The van der Waals surface area contributed by atoms with Gasteiger partial charge in [-0.05, 0) is 58.0 Å². The van der Waals surface area contributed by atoms with Crippen LogP contribution in [0.3, 0.4) is 0 Å². The van der Waals surface area contributed by atoms with E-state index in [9.17, 15) is 4.79 Å². The minimum atomic E-state index is 0.0282. The summed E-state index contributed by atoms with van der Waals surface area (Å²) in [4.78, 5) is 14.6. The molecule has 1 aromatic carbocycles. The number of benzene rings is 1. The van der Waals surface area contributed by atoms with Crippen molar-refractivity contribution in [2.24, 2.45) is 5.92 Å². The van der Waals surface area contributed by atoms with Crippen LogP contribution in [-0.4, -0.2) is 37.6 Å². The predicted molar refractivity (Wildman–Crippen MR) is 84.4 cm³/mol. The maximum Gasteiger partial charge on any atom is 0.224 e. The van der Waals surface area contributed by atoms with Gasteiger partial charge in [-0.3, -0.25) is 4.79 Å². The van der Waals surface area contributed by atoms with Crippen LogP contribution in [0.2, 0.25) is 0 Å². The normalized spacial score (nSPS) is 20.8. The molecule has 1 N–H and O–H groups in total. The molecule has 116 valence electrons. The van der Waals surface area contributed by atoms with Gasteiger partial charge in [0.05, 0.1) is 18.6 Å². The fourth-order valence-electron chi connectivity index (χ4n) is 2.81. The van der Waals surface area contributed by atoms with Gasteiger partial charge in [-0.1, -0.05) is 12.1 Å². The largest absolute Gasteiger partial charge is 0.494 e. The molecule has 1 amide bonds. The Labute approximate surface area is 127 Å². The fourth-order valence-corrected chi connectivity index (χ4v) is 2.81. The highest BCUT2D eigenvalue weighted by Gasteiger charge is 2.24. The van der Waals surface area contributed by atoms with Crippen molar-refractivity contribution < 1.29 is 9.53 Å². The first-order chi connectivity index (χ1) is 10.1. The fraction of sp³-hybridized carbons (Fsp3) is 0.588. The lowest BCUT2D eigenvalue weighted by Gasteiger charge is -2.29. The Kier molecular flexibility index (Phi) is 5.62. The van der Waals surface area contributed by atoms with Crippen LogP contribution in [0.25, 0.3) is 0 Å². The first kappa shape index (κ1) is 15.8. The smallest absolute Gasteiger partial charge is 0.224 e. The third-order valence-corrected chi connectivity index (χ3v) is 4.05. The first-order valence-corrected chi connectivity index (χ1v) is 7.81. The minimum Gasteiger partial charge on any atom is -0.494 e. The summed E-state index contributed by atoms with van der Waals surface area (Å²) in [5, 5.41) is 3.13. The molecule has 2 atom stereocenters. The van der Waals surface area contributed by atoms with Crippen LogP contribution in [0.15, 0.2) is 24.3 Å². The molecule has 0 unspecified atom stereocenters. The highest BCUT2D eigenvalue weighted by Crippen LogP contribution is 2.20. The van der Waals surface area contributed by atoms with E-state index in [1.54, 1.807) is 0 Å². The Bertz CT molecular complexity index is 458. The van der Waals surface area contributed by atoms with Crippen molar-refractivity contribution in [2.45, 2.75) is 32.7 Å². The number of rotatable bonds is 5. The third-order valence-electron chi connectivity index (χ3n) is 4.05. The number of carbonyl (C=O) groups excluding carboxylic acids is 1. The van der Waals surface area contributed by atoms with Crippen LogP contribution >= 0.6 is 0 Å². The van der Waals surface area contributed by atoms with Gasteiger partial charge in [-0.25, -0.2) is 0 Å². The van der Waals surface area contributed by atoms with Crippen molar-refractivity contribution in [1.29, 1.82) is 0 Å². The summed E-state index contributed by atoms with van der Waals surface area (Å²) in [5.41, 5.74) is 1.11. The minimum absolute atomic E-state index is 0.0282. The average Bonchev–Trinajstić information content (AvgIpc) is 2.48. The summed E-state index contributed by atoms with van der Waals surface area (Å²) >= 11 is 0. The lowest BCUT2D eigenvalue weighted by molar-refractivity contribution is -0.127. The van der Waals surface area contributed by atoms with Crippen LogP contribution in [0, 0.1) is 5.92 Å². The van der Waals surface area contributed by atoms with Crippen molar-refractivity contribution >= 4 is 5.91 Å². The molecular weight excluding hydrogens is 264 g/mol. The van der Waals surface area contributed by atoms with Crippen molar-refractivity contribution in [3.63, 3.8) is 0 Å². The molecule has 0 aromatic heterocycles. The third kappa shape index (κ3) is 4.46. The van der Waals surface area contributed by atoms with Crippen LogP contribution in [0.1, 0.15) is 38.3 Å². The van der Waals surface area contributed by atoms with Gasteiger partial charge in [0.15, 0.2) is 0 Å². The second-order valence-corrected chi connectivity index (χ2v) is 5.83. The maximum absolute atomic E-state index is 12.3. The number of piperidine rings is 1. The molecule has 0 saturated carbocycles. The van der Waals surface area contributed by atoms with Crippen LogP contribution < -0.4 is 10.1 Å². The van der Waals surface area contributed by atoms with E-state index in [2.05, 4.69) is 17.3 Å². The van der Waals surface area contributed by atoms with E-state index in [4.69, 9.17) is 4.74 Å². The summed E-state index contributed by atoms with van der Waals surface area (Å²) in [6.07, 6.45) is 2.10. The van der Waals surface area contributed by atoms with Crippen LogP contribution in [0.4, 0.5) is 0 Å². The van der Waals surface area contributed by atoms with Crippen molar-refractivity contribution in [2.75, 3.05) is 26.7 Å². The van der Waals surface area contributed by atoms with Gasteiger partial charge < -0.3 is 15.0 Å². The number of nitrogens with one attached hydrogen (secondary N) is 1. The number of hydrogen-bond acceptors (Lipinski definition) is 3. The zero-order chi connectivity index (χ0) is 15.2. The van der Waals surface area contributed by atoms with Gasteiger partial charge in [0.2, 0.25) is 5.91 Å². The number of amides is 1. The Morgan fingerprint density at radius 3 is 2.76 bits per heavy atom. The molecule has 1 aliphatic heterocycles. The van der Waals surface area contributed by atoms with Crippen LogP contribution in [-0.2, 0) is 4.79 Å². The van der Waals surface area contributed by atoms with Gasteiger partial charge in [-0.15, -0.1) is 0 Å². The van der Waals surface area contributed by atoms with Crippen molar-refractivity contribution in [1.82, 2.24) is 10.2 Å². The molecule has 0 radical (unpaired) electrons. The molecule has 1 saturated heterocycles. The monoisotopic (exact) mass is 290 g/mol. The molecule has 4 heteroatoms. The van der Waals surface area contributed by atoms with E-state index in [0.717, 1.165) is 37.2 Å². The summed E-state index contributed by atoms with van der Waals surface area (Å²) in [6.45, 7) is 6.62. The van der Waals surface area contributed by atoms with E-state index in [-0.39, 0.29) is 17.9 Å². The first-order valence-electron chi connectivity index (χ1n) is 7.81. The number of nitrogens with zero attached hydrogens (tertiary/aromatic N) is 1. The topological polar surface area (TPSA) is 41.6 Å². The molecule has 0 bridgehead atoms. The van der Waals surface area contributed by atoms with Crippen molar-refractivity contribution in [3.8, 4) is 5.75 Å². The van der Waals surface area contributed by atoms with Gasteiger partial charge >= 0.3 is 0 Å². The molecule has 1 aromatic rings. The Balaban J connectivity index is 1.90. The molecule has 1 heterocycles. The molecule has 21 heavy (non-hydrogen) atoms. The summed E-state index contributed by atoms with van der Waals surface area (Å²) in [7, 11) is 2.08. The predicted octanol–water partition coefficient (Wildman–Crippen LogP) is 2.60. The molecule has 2 rings (SSSR count). The summed E-state index contributed by atoms with van der Waals surface area (Å²) < 4.78 is 5.44. The Hall–Kier alpha value is -1.55. The quantitative estimate of drug-likeness (QED) is 0.906. The zero-order valence-electron chi connectivity index (χ0n) is 13.3. The van der Waals surface area contributed by atoms with Gasteiger partial charge in [0, 0.05) is 6.54 Å². The summed E-state index contributed by atoms with van der Waals surface area (Å²) in [6, 6.07) is 7.97. The summed E-state index contributed by atoms with van der Waals surface area (Å²) in [5.74, 6) is 1.16. The molecular formula is C17H26N2O2. The second-order valence-electron chi connectivity index (χ2n) is 5.83. The van der Waals surface area contributed by atoms with E-state index in [0.29, 0.717) is 6.61 Å². The van der Waals surface area contributed by atoms with Crippen molar-refractivity contribution in [3.05, 3.63) is 29.8 Å². The van der Waals surface area contributed by atoms with E-state index < -0.39 is 0 Å². The van der Waals surface area contributed by atoms with E-state index in [1.807, 2.05) is 38.1 Å². The molecule has 1 fully saturated rings. The Morgan fingerprint density at radius 1 is 1.43 bits per heavy atom. The molecule has 0 aliphatic carbocycles. The highest BCUT2D eigenvalue weighted by atomic mass is 16.5. The lowest BCUT2D eigenvalue weighted by Crippen LogP contribution is -2.42. The number of carbonyl (C=O) groups is 1. The van der Waals surface area contributed by atoms with Gasteiger partial charge in [-0.2, -0.15) is 0 Å². The van der Waals surface area contributed by atoms with Gasteiger partial charge in [0.25, 0.3) is 0 Å². The zero-order valence-corrected chi connectivity index (χ0v) is 13.3. The molecule has 0 spiro atoms. The Morgan fingerprint density at radius 2 is 2.14 bits per heavy atom. The van der Waals surface area contributed by atoms with Gasteiger partial charge in [0.1, 0.15) is 5.75 Å². The standard InChI is InChI=1S/C17H26N2O2/c1-4-21-16-9-7-14(8-10-16)13(2)18-17(20)15-6-5-11-19(3)12-15/h7-10,13,15H,4-6,11-12H2,1-3H3,(H,18,20)/t13-,15+/m0/s1. The number of likely N-dealkylation sites (tertiary alicyclic amines) is 1. The number of hydrogen-bond donors (Lipinski definition) is 1. The molecule has 1 aliphatic rings. The highest BCUT2D eigenvalue weighted by molar-refractivity contribution is 5.79. The van der Waals surface area contributed by atoms with E-state index >= 15 is 0 Å². The lowest BCUT2D eigenvalue weighted by atomic mass is 9.97. The van der Waals surface area contributed by atoms with E-state index in [1.165, 1.54) is 0 Å². The number of ether oxygens (including phenoxy) is 1. The SMILES string of the molecule is CCOc1ccc([C@H](C)NC(=O)[C@@H]2CCCN(C)C2)cc1. The molecule has 4 nitrogen and oxygen atoms in total.